The number of hydrogen-bond donors (Lipinski definition) is 2. The largest absolute Gasteiger partial charge is 0.394 e. The van der Waals surface area contributed by atoms with E-state index in [2.05, 4.69) is 25.8 Å². The molecule has 3 nitrogen and oxygen atoms in total. The Labute approximate surface area is 111 Å². The minimum atomic E-state index is -0.677. The molecule has 0 aliphatic rings. The Morgan fingerprint density at radius 3 is 2.44 bits per heavy atom. The van der Waals surface area contributed by atoms with Crippen molar-refractivity contribution in [2.75, 3.05) is 26.7 Å². The van der Waals surface area contributed by atoms with Gasteiger partial charge in [0, 0.05) is 13.1 Å². The average molecular weight is 250 g/mol. The first-order valence-electron chi connectivity index (χ1n) is 6.65. The van der Waals surface area contributed by atoms with Crippen LogP contribution in [0, 0.1) is 5.92 Å². The van der Waals surface area contributed by atoms with Crippen LogP contribution in [0.3, 0.4) is 0 Å². The number of likely N-dealkylation sites (N-methyl/N-ethyl adjacent to an activating group) is 1. The smallest absolute Gasteiger partial charge is 0.0772 e. The van der Waals surface area contributed by atoms with E-state index in [1.165, 1.54) is 0 Å². The van der Waals surface area contributed by atoms with Crippen molar-refractivity contribution >= 4 is 0 Å². The van der Waals surface area contributed by atoms with E-state index in [0.29, 0.717) is 12.5 Å². The highest BCUT2D eigenvalue weighted by atomic mass is 16.3. The van der Waals surface area contributed by atoms with E-state index in [1.807, 2.05) is 30.3 Å². The van der Waals surface area contributed by atoms with Crippen molar-refractivity contribution in [3.63, 3.8) is 0 Å². The standard InChI is InChI=1S/C15H26N2O/c1-4-13(2)10-17(3)11-15(16,12-18)14-8-6-5-7-9-14/h5-9,13,18H,4,10-12,16H2,1-3H3. The zero-order chi connectivity index (χ0) is 13.6. The summed E-state index contributed by atoms with van der Waals surface area (Å²) in [5.74, 6) is 0.647. The summed E-state index contributed by atoms with van der Waals surface area (Å²) in [7, 11) is 2.06. The van der Waals surface area contributed by atoms with Crippen molar-refractivity contribution in [1.29, 1.82) is 0 Å². The summed E-state index contributed by atoms with van der Waals surface area (Å²) in [4.78, 5) is 2.21. The number of aliphatic hydroxyl groups excluding tert-OH is 1. The molecule has 0 bridgehead atoms. The van der Waals surface area contributed by atoms with Gasteiger partial charge < -0.3 is 15.7 Å². The molecule has 1 aromatic rings. The minimum Gasteiger partial charge on any atom is -0.394 e. The second-order valence-electron chi connectivity index (χ2n) is 5.39. The third kappa shape index (κ3) is 4.09. The van der Waals surface area contributed by atoms with Crippen LogP contribution in [0.2, 0.25) is 0 Å². The summed E-state index contributed by atoms with van der Waals surface area (Å²) in [5.41, 5.74) is 6.66. The van der Waals surface area contributed by atoms with Crippen molar-refractivity contribution in [2.45, 2.75) is 25.8 Å². The monoisotopic (exact) mass is 250 g/mol. The van der Waals surface area contributed by atoms with Crippen LogP contribution in [-0.2, 0) is 5.54 Å². The number of rotatable bonds is 7. The Balaban J connectivity index is 2.71. The average Bonchev–Trinajstić information content (AvgIpc) is 2.39. The molecule has 0 saturated carbocycles. The van der Waals surface area contributed by atoms with E-state index in [9.17, 15) is 5.11 Å². The molecule has 0 radical (unpaired) electrons. The van der Waals surface area contributed by atoms with Crippen molar-refractivity contribution in [3.05, 3.63) is 35.9 Å². The highest BCUT2D eigenvalue weighted by molar-refractivity contribution is 5.24. The lowest BCUT2D eigenvalue weighted by atomic mass is 9.91. The molecular formula is C15H26N2O. The zero-order valence-corrected chi connectivity index (χ0v) is 11.8. The van der Waals surface area contributed by atoms with Crippen LogP contribution in [0.1, 0.15) is 25.8 Å². The molecule has 2 atom stereocenters. The molecule has 0 heterocycles. The van der Waals surface area contributed by atoms with Gasteiger partial charge in [0.25, 0.3) is 0 Å². The van der Waals surface area contributed by atoms with Crippen molar-refractivity contribution in [2.24, 2.45) is 11.7 Å². The minimum absolute atomic E-state index is 0.0398. The van der Waals surface area contributed by atoms with Gasteiger partial charge in [0.1, 0.15) is 0 Å². The molecule has 0 aliphatic heterocycles. The van der Waals surface area contributed by atoms with Gasteiger partial charge in [-0.2, -0.15) is 0 Å². The van der Waals surface area contributed by atoms with Crippen LogP contribution < -0.4 is 5.73 Å². The second kappa shape index (κ2) is 6.88. The lowest BCUT2D eigenvalue weighted by Gasteiger charge is -2.33. The van der Waals surface area contributed by atoms with E-state index in [0.717, 1.165) is 18.5 Å². The van der Waals surface area contributed by atoms with Crippen molar-refractivity contribution < 1.29 is 5.11 Å². The molecule has 0 amide bonds. The number of nitrogens with zero attached hydrogens (tertiary/aromatic N) is 1. The third-order valence-corrected chi connectivity index (χ3v) is 3.50. The van der Waals surface area contributed by atoms with Gasteiger partial charge in [-0.05, 0) is 18.5 Å². The summed E-state index contributed by atoms with van der Waals surface area (Å²) in [6.45, 7) is 6.05. The third-order valence-electron chi connectivity index (χ3n) is 3.50. The highest BCUT2D eigenvalue weighted by Crippen LogP contribution is 2.19. The molecule has 0 spiro atoms. The fourth-order valence-corrected chi connectivity index (χ4v) is 2.21. The fraction of sp³-hybridized carbons (Fsp3) is 0.600. The van der Waals surface area contributed by atoms with Gasteiger partial charge in [-0.25, -0.2) is 0 Å². The quantitative estimate of drug-likeness (QED) is 0.776. The number of aliphatic hydroxyl groups is 1. The summed E-state index contributed by atoms with van der Waals surface area (Å²) >= 11 is 0. The van der Waals surface area contributed by atoms with Gasteiger partial charge >= 0.3 is 0 Å². The van der Waals surface area contributed by atoms with Crippen molar-refractivity contribution in [3.8, 4) is 0 Å². The summed E-state index contributed by atoms with van der Waals surface area (Å²) in [5, 5.41) is 9.63. The van der Waals surface area contributed by atoms with Gasteiger partial charge in [0.2, 0.25) is 0 Å². The molecule has 102 valence electrons. The number of benzene rings is 1. The Hall–Kier alpha value is -0.900. The van der Waals surface area contributed by atoms with E-state index >= 15 is 0 Å². The van der Waals surface area contributed by atoms with E-state index < -0.39 is 5.54 Å². The van der Waals surface area contributed by atoms with Gasteiger partial charge in [0.05, 0.1) is 12.1 Å². The predicted octanol–water partition coefficient (Wildman–Crippen LogP) is 1.81. The van der Waals surface area contributed by atoms with E-state index in [1.54, 1.807) is 0 Å². The Morgan fingerprint density at radius 1 is 1.33 bits per heavy atom. The Morgan fingerprint density at radius 2 is 1.94 bits per heavy atom. The summed E-state index contributed by atoms with van der Waals surface area (Å²) in [6, 6.07) is 9.84. The molecule has 0 fully saturated rings. The first-order valence-corrected chi connectivity index (χ1v) is 6.65. The SMILES string of the molecule is CCC(C)CN(C)CC(N)(CO)c1ccccc1. The molecule has 0 aliphatic carbocycles. The number of hydrogen-bond acceptors (Lipinski definition) is 3. The van der Waals surface area contributed by atoms with Gasteiger partial charge in [-0.3, -0.25) is 0 Å². The van der Waals surface area contributed by atoms with Crippen LogP contribution in [0.15, 0.2) is 30.3 Å². The molecule has 1 aromatic carbocycles. The first kappa shape index (κ1) is 15.2. The Kier molecular flexibility index (Phi) is 5.79. The molecule has 3 N–H and O–H groups in total. The summed E-state index contributed by atoms with van der Waals surface area (Å²) in [6.07, 6.45) is 1.16. The fourth-order valence-electron chi connectivity index (χ4n) is 2.21. The van der Waals surface area contributed by atoms with Gasteiger partial charge in [-0.1, -0.05) is 50.6 Å². The zero-order valence-electron chi connectivity index (χ0n) is 11.8. The Bertz CT molecular complexity index is 342. The maximum Gasteiger partial charge on any atom is 0.0772 e. The van der Waals surface area contributed by atoms with Crippen LogP contribution in [-0.4, -0.2) is 36.8 Å². The molecule has 0 saturated heterocycles. The second-order valence-corrected chi connectivity index (χ2v) is 5.39. The van der Waals surface area contributed by atoms with Gasteiger partial charge in [0.15, 0.2) is 0 Å². The summed E-state index contributed by atoms with van der Waals surface area (Å²) < 4.78 is 0. The van der Waals surface area contributed by atoms with E-state index in [-0.39, 0.29) is 6.61 Å². The predicted molar refractivity (Wildman–Crippen MR) is 76.3 cm³/mol. The highest BCUT2D eigenvalue weighted by Gasteiger charge is 2.28. The van der Waals surface area contributed by atoms with Crippen LogP contribution in [0.4, 0.5) is 0 Å². The molecule has 0 aromatic heterocycles. The van der Waals surface area contributed by atoms with Crippen molar-refractivity contribution in [1.82, 2.24) is 4.90 Å². The molecule has 1 rings (SSSR count). The number of nitrogens with two attached hydrogens (primary N) is 1. The van der Waals surface area contributed by atoms with Crippen LogP contribution in [0.5, 0.6) is 0 Å². The molecule has 3 heteroatoms. The lowest BCUT2D eigenvalue weighted by Crippen LogP contribution is -2.50. The van der Waals surface area contributed by atoms with Crippen LogP contribution in [0.25, 0.3) is 0 Å². The first-order chi connectivity index (χ1) is 8.51. The van der Waals surface area contributed by atoms with E-state index in [4.69, 9.17) is 5.73 Å². The lowest BCUT2D eigenvalue weighted by molar-refractivity contribution is 0.142. The topological polar surface area (TPSA) is 49.5 Å². The maximum absolute atomic E-state index is 9.63. The normalized spacial score (nSPS) is 16.6. The van der Waals surface area contributed by atoms with Gasteiger partial charge in [-0.15, -0.1) is 0 Å². The van der Waals surface area contributed by atoms with Crippen LogP contribution >= 0.6 is 0 Å². The molecule has 18 heavy (non-hydrogen) atoms. The molecule has 2 unspecified atom stereocenters. The molecular weight excluding hydrogens is 224 g/mol. The maximum atomic E-state index is 9.63.